The third kappa shape index (κ3) is 2.42. The van der Waals surface area contributed by atoms with Crippen LogP contribution in [0.15, 0.2) is 53.9 Å². The summed E-state index contributed by atoms with van der Waals surface area (Å²) in [5.74, 6) is 0.451. The number of rotatable bonds is 3. The molecule has 4 heteroatoms. The standard InChI is InChI=1S/C16H15N3S/c1-20-10-13(11-5-3-2-4-6-11)12-7-8-14-15(9-12)19-16(17)18-14/h2-10H,1H3,(H3,17,18,19). The summed E-state index contributed by atoms with van der Waals surface area (Å²) in [6.07, 6.45) is 2.07. The van der Waals surface area contributed by atoms with Gasteiger partial charge in [-0.25, -0.2) is 4.98 Å². The normalized spacial score (nSPS) is 11.9. The Labute approximate surface area is 121 Å². The quantitative estimate of drug-likeness (QED) is 0.765. The van der Waals surface area contributed by atoms with Gasteiger partial charge in [0.1, 0.15) is 0 Å². The van der Waals surface area contributed by atoms with Crippen molar-refractivity contribution in [1.29, 1.82) is 0 Å². The molecule has 3 nitrogen and oxygen atoms in total. The maximum Gasteiger partial charge on any atom is 0.198 e. The SMILES string of the molecule is CSC=C(c1ccccc1)c1ccc2nc(N)[nH]c2c1. The molecule has 100 valence electrons. The number of aromatic nitrogens is 2. The lowest BCUT2D eigenvalue weighted by Gasteiger charge is -2.08. The molecule has 0 fully saturated rings. The first kappa shape index (κ1) is 12.8. The van der Waals surface area contributed by atoms with Crippen LogP contribution in [0.2, 0.25) is 0 Å². The molecule has 3 rings (SSSR count). The Bertz CT molecular complexity index is 760. The number of nitrogens with two attached hydrogens (primary N) is 1. The molecule has 0 saturated heterocycles. The number of H-pyrrole nitrogens is 1. The summed E-state index contributed by atoms with van der Waals surface area (Å²) < 4.78 is 0. The maximum atomic E-state index is 5.70. The van der Waals surface area contributed by atoms with Gasteiger partial charge in [-0.2, -0.15) is 0 Å². The van der Waals surface area contributed by atoms with Crippen molar-refractivity contribution < 1.29 is 0 Å². The summed E-state index contributed by atoms with van der Waals surface area (Å²) in [5, 5.41) is 2.16. The monoisotopic (exact) mass is 281 g/mol. The predicted molar refractivity (Wildman–Crippen MR) is 87.5 cm³/mol. The Kier molecular flexibility index (Phi) is 3.48. The van der Waals surface area contributed by atoms with Crippen molar-refractivity contribution >= 4 is 34.3 Å². The Hall–Kier alpha value is -2.20. The summed E-state index contributed by atoms with van der Waals surface area (Å²) in [6, 6.07) is 16.5. The lowest BCUT2D eigenvalue weighted by molar-refractivity contribution is 1.35. The smallest absolute Gasteiger partial charge is 0.198 e. The second-order valence-corrected chi connectivity index (χ2v) is 5.19. The molecular formula is C16H15N3S. The number of thioether (sulfide) groups is 1. The number of hydrogen-bond acceptors (Lipinski definition) is 3. The zero-order valence-corrected chi connectivity index (χ0v) is 11.9. The molecule has 1 heterocycles. The van der Waals surface area contributed by atoms with Gasteiger partial charge in [0, 0.05) is 0 Å². The number of anilines is 1. The molecule has 2 aromatic carbocycles. The molecule has 0 saturated carbocycles. The molecule has 20 heavy (non-hydrogen) atoms. The Morgan fingerprint density at radius 3 is 2.70 bits per heavy atom. The van der Waals surface area contributed by atoms with Crippen molar-refractivity contribution in [3.63, 3.8) is 0 Å². The molecular weight excluding hydrogens is 266 g/mol. The van der Waals surface area contributed by atoms with Gasteiger partial charge in [-0.15, -0.1) is 11.8 Å². The Morgan fingerprint density at radius 1 is 1.15 bits per heavy atom. The van der Waals surface area contributed by atoms with E-state index in [4.69, 9.17) is 5.73 Å². The minimum absolute atomic E-state index is 0.451. The second kappa shape index (κ2) is 5.43. The van der Waals surface area contributed by atoms with Crippen LogP contribution in [0.25, 0.3) is 16.6 Å². The molecule has 0 radical (unpaired) electrons. The number of hydrogen-bond donors (Lipinski definition) is 2. The molecule has 0 bridgehead atoms. The Balaban J connectivity index is 2.12. The number of benzene rings is 2. The summed E-state index contributed by atoms with van der Waals surface area (Å²) in [4.78, 5) is 7.31. The van der Waals surface area contributed by atoms with E-state index in [-0.39, 0.29) is 0 Å². The molecule has 0 aliphatic carbocycles. The van der Waals surface area contributed by atoms with E-state index >= 15 is 0 Å². The highest BCUT2D eigenvalue weighted by atomic mass is 32.2. The first-order valence-corrected chi connectivity index (χ1v) is 7.61. The highest BCUT2D eigenvalue weighted by molar-refractivity contribution is 8.01. The van der Waals surface area contributed by atoms with Crippen molar-refractivity contribution in [1.82, 2.24) is 9.97 Å². The van der Waals surface area contributed by atoms with Crippen LogP contribution >= 0.6 is 11.8 Å². The average Bonchev–Trinajstić information content (AvgIpc) is 2.84. The van der Waals surface area contributed by atoms with Crippen LogP contribution in [-0.2, 0) is 0 Å². The van der Waals surface area contributed by atoms with Gasteiger partial charge in [-0.3, -0.25) is 0 Å². The van der Waals surface area contributed by atoms with Crippen LogP contribution in [-0.4, -0.2) is 16.2 Å². The van der Waals surface area contributed by atoms with Crippen molar-refractivity contribution in [2.24, 2.45) is 0 Å². The van der Waals surface area contributed by atoms with Crippen LogP contribution in [0.5, 0.6) is 0 Å². The molecule has 0 spiro atoms. The summed E-state index contributed by atoms with van der Waals surface area (Å²) in [7, 11) is 0. The van der Waals surface area contributed by atoms with Gasteiger partial charge in [0.25, 0.3) is 0 Å². The van der Waals surface area contributed by atoms with Gasteiger partial charge in [0.2, 0.25) is 0 Å². The van der Waals surface area contributed by atoms with Crippen molar-refractivity contribution in [3.05, 3.63) is 65.1 Å². The molecule has 0 aliphatic rings. The number of nitrogens with one attached hydrogen (secondary N) is 1. The molecule has 0 aliphatic heterocycles. The molecule has 3 aromatic rings. The third-order valence-electron chi connectivity index (χ3n) is 3.13. The first-order chi connectivity index (χ1) is 9.78. The fourth-order valence-corrected chi connectivity index (χ4v) is 2.74. The van der Waals surface area contributed by atoms with Gasteiger partial charge in [-0.1, -0.05) is 36.4 Å². The van der Waals surface area contributed by atoms with E-state index in [9.17, 15) is 0 Å². The highest BCUT2D eigenvalue weighted by Crippen LogP contribution is 2.27. The van der Waals surface area contributed by atoms with Gasteiger partial charge in [0.05, 0.1) is 11.0 Å². The Morgan fingerprint density at radius 2 is 1.95 bits per heavy atom. The van der Waals surface area contributed by atoms with Gasteiger partial charge >= 0.3 is 0 Å². The van der Waals surface area contributed by atoms with Crippen molar-refractivity contribution in [3.8, 4) is 0 Å². The molecule has 1 aromatic heterocycles. The van der Waals surface area contributed by atoms with Gasteiger partial charge in [0.15, 0.2) is 5.95 Å². The lowest BCUT2D eigenvalue weighted by atomic mass is 9.99. The fraction of sp³-hybridized carbons (Fsp3) is 0.0625. The van der Waals surface area contributed by atoms with E-state index in [2.05, 4.69) is 58.0 Å². The predicted octanol–water partition coefficient (Wildman–Crippen LogP) is 3.90. The molecule has 3 N–H and O–H groups in total. The number of aromatic amines is 1. The van der Waals surface area contributed by atoms with E-state index in [1.54, 1.807) is 11.8 Å². The lowest BCUT2D eigenvalue weighted by Crippen LogP contribution is -1.87. The van der Waals surface area contributed by atoms with E-state index in [0.717, 1.165) is 16.6 Å². The number of fused-ring (bicyclic) bond motifs is 1. The zero-order valence-electron chi connectivity index (χ0n) is 11.1. The maximum absolute atomic E-state index is 5.70. The zero-order chi connectivity index (χ0) is 13.9. The van der Waals surface area contributed by atoms with Crippen molar-refractivity contribution in [2.45, 2.75) is 0 Å². The van der Waals surface area contributed by atoms with E-state index < -0.39 is 0 Å². The average molecular weight is 281 g/mol. The van der Waals surface area contributed by atoms with Crippen LogP contribution < -0.4 is 5.73 Å². The number of nitrogen functional groups attached to an aromatic ring is 1. The van der Waals surface area contributed by atoms with Crippen LogP contribution in [0.1, 0.15) is 11.1 Å². The minimum atomic E-state index is 0.451. The largest absolute Gasteiger partial charge is 0.369 e. The van der Waals surface area contributed by atoms with Crippen LogP contribution in [0.4, 0.5) is 5.95 Å². The van der Waals surface area contributed by atoms with Crippen LogP contribution in [0, 0.1) is 0 Å². The molecule has 0 atom stereocenters. The van der Waals surface area contributed by atoms with Gasteiger partial charge in [-0.05, 0) is 40.5 Å². The van der Waals surface area contributed by atoms with Crippen molar-refractivity contribution in [2.75, 3.05) is 12.0 Å². The number of imidazole rings is 1. The molecule has 0 unspecified atom stereocenters. The van der Waals surface area contributed by atoms with E-state index in [0.29, 0.717) is 5.95 Å². The van der Waals surface area contributed by atoms with E-state index in [1.807, 2.05) is 12.1 Å². The van der Waals surface area contributed by atoms with E-state index in [1.165, 1.54) is 11.1 Å². The molecule has 0 amide bonds. The summed E-state index contributed by atoms with van der Waals surface area (Å²) in [5.41, 5.74) is 11.1. The summed E-state index contributed by atoms with van der Waals surface area (Å²) in [6.45, 7) is 0. The first-order valence-electron chi connectivity index (χ1n) is 6.32. The minimum Gasteiger partial charge on any atom is -0.369 e. The summed E-state index contributed by atoms with van der Waals surface area (Å²) >= 11 is 1.70. The third-order valence-corrected chi connectivity index (χ3v) is 3.60. The number of nitrogens with zero attached hydrogens (tertiary/aromatic N) is 1. The van der Waals surface area contributed by atoms with Crippen LogP contribution in [0.3, 0.4) is 0 Å². The topological polar surface area (TPSA) is 54.7 Å². The highest BCUT2D eigenvalue weighted by Gasteiger charge is 2.07. The van der Waals surface area contributed by atoms with Gasteiger partial charge < -0.3 is 10.7 Å². The fourth-order valence-electron chi connectivity index (χ4n) is 2.24. The second-order valence-electron chi connectivity index (χ2n) is 4.49.